The quantitative estimate of drug-likeness (QED) is 0.274. The van der Waals surface area contributed by atoms with Crippen LogP contribution in [0.3, 0.4) is 0 Å². The van der Waals surface area contributed by atoms with Gasteiger partial charge in [-0.05, 0) is 49.2 Å². The predicted molar refractivity (Wildman–Crippen MR) is 158 cm³/mol. The molecule has 1 N–H and O–H groups in total. The molecule has 1 atom stereocenters. The Morgan fingerprint density at radius 3 is 2.81 bits per heavy atom. The lowest BCUT2D eigenvalue weighted by molar-refractivity contribution is -0.129. The van der Waals surface area contributed by atoms with Gasteiger partial charge >= 0.3 is 0 Å². The first-order valence-electron chi connectivity index (χ1n) is 13.7. The highest BCUT2D eigenvalue weighted by Gasteiger charge is 2.32. The monoisotopic (exact) mass is 567 g/mol. The Kier molecular flexibility index (Phi) is 7.11. The Morgan fingerprint density at radius 1 is 1.14 bits per heavy atom. The number of nitrogens with zero attached hydrogens (tertiary/aromatic N) is 8. The van der Waals surface area contributed by atoms with Crippen molar-refractivity contribution in [1.82, 2.24) is 34.4 Å². The Morgan fingerprint density at radius 2 is 2.00 bits per heavy atom. The van der Waals surface area contributed by atoms with Gasteiger partial charge in [-0.25, -0.2) is 28.8 Å². The second kappa shape index (κ2) is 11.0. The van der Waals surface area contributed by atoms with E-state index in [9.17, 15) is 4.79 Å². The van der Waals surface area contributed by atoms with E-state index >= 15 is 4.39 Å². The van der Waals surface area contributed by atoms with E-state index in [1.54, 1.807) is 41.9 Å². The van der Waals surface area contributed by atoms with Gasteiger partial charge in [-0.2, -0.15) is 5.10 Å². The molecular formula is C30H30FN9O2. The zero-order valence-electron chi connectivity index (χ0n) is 23.5. The summed E-state index contributed by atoms with van der Waals surface area (Å²) < 4.78 is 23.2. The van der Waals surface area contributed by atoms with Crippen molar-refractivity contribution < 1.29 is 13.9 Å². The Bertz CT molecular complexity index is 1810. The number of pyridine rings is 2. The molecule has 1 saturated heterocycles. The van der Waals surface area contributed by atoms with Gasteiger partial charge in [0.25, 0.3) is 0 Å². The summed E-state index contributed by atoms with van der Waals surface area (Å²) in [5.41, 5.74) is 2.33. The minimum atomic E-state index is -0.471. The Labute approximate surface area is 241 Å². The number of rotatable bonds is 7. The van der Waals surface area contributed by atoms with Gasteiger partial charge in [0.05, 0.1) is 17.2 Å². The van der Waals surface area contributed by atoms with Crippen LogP contribution in [0.15, 0.2) is 67.9 Å². The second-order valence-corrected chi connectivity index (χ2v) is 10.5. The summed E-state index contributed by atoms with van der Waals surface area (Å²) in [6.07, 6.45) is 5.97. The number of anilines is 3. The number of ether oxygens (including phenoxy) is 1. The van der Waals surface area contributed by atoms with Crippen LogP contribution in [-0.4, -0.2) is 66.0 Å². The fourth-order valence-corrected chi connectivity index (χ4v) is 5.17. The molecule has 12 heteroatoms. The average molecular weight is 568 g/mol. The number of fused-ring (bicyclic) bond motifs is 2. The van der Waals surface area contributed by atoms with Gasteiger partial charge in [0.15, 0.2) is 17.3 Å². The molecule has 0 aliphatic carbocycles. The molecule has 1 unspecified atom stereocenters. The Balaban J connectivity index is 1.26. The first kappa shape index (κ1) is 27.1. The first-order chi connectivity index (χ1) is 20.3. The lowest BCUT2D eigenvalue weighted by Gasteiger charge is -2.43. The average Bonchev–Trinajstić information content (AvgIpc) is 3.48. The van der Waals surface area contributed by atoms with Crippen LogP contribution in [-0.2, 0) is 4.79 Å². The molecule has 11 nitrogen and oxygen atoms in total. The van der Waals surface area contributed by atoms with Crippen LogP contribution in [0.5, 0.6) is 11.5 Å². The lowest BCUT2D eigenvalue weighted by atomic mass is 9.99. The molecule has 214 valence electrons. The van der Waals surface area contributed by atoms with E-state index < -0.39 is 5.82 Å². The highest BCUT2D eigenvalue weighted by atomic mass is 19.1. The number of carbonyl (C=O) groups excluding carboxylic acids is 1. The van der Waals surface area contributed by atoms with Crippen LogP contribution in [0.25, 0.3) is 16.7 Å². The molecular weight excluding hydrogens is 537 g/mol. The van der Waals surface area contributed by atoms with E-state index in [-0.39, 0.29) is 23.6 Å². The minimum absolute atomic E-state index is 0.0162. The van der Waals surface area contributed by atoms with Crippen molar-refractivity contribution in [2.75, 3.05) is 29.9 Å². The van der Waals surface area contributed by atoms with E-state index in [2.05, 4.69) is 50.7 Å². The number of hydrogen-bond acceptors (Lipinski definition) is 9. The summed E-state index contributed by atoms with van der Waals surface area (Å²) in [5, 5.41) is 7.18. The number of carbonyl (C=O) groups is 1. The number of amides is 1. The second-order valence-electron chi connectivity index (χ2n) is 10.5. The van der Waals surface area contributed by atoms with Crippen molar-refractivity contribution in [3.05, 3.63) is 79.3 Å². The number of piperazine rings is 1. The highest BCUT2D eigenvalue weighted by molar-refractivity contribution is 5.89. The summed E-state index contributed by atoms with van der Waals surface area (Å²) >= 11 is 0. The molecule has 5 heterocycles. The smallest absolute Gasteiger partial charge is 0.246 e. The normalized spacial score (nSPS) is 15.4. The van der Waals surface area contributed by atoms with Crippen LogP contribution in [0, 0.1) is 18.7 Å². The van der Waals surface area contributed by atoms with Gasteiger partial charge in [-0.1, -0.05) is 20.4 Å². The molecule has 1 fully saturated rings. The maximum absolute atomic E-state index is 15.6. The van der Waals surface area contributed by atoms with Gasteiger partial charge in [0.1, 0.15) is 35.5 Å². The number of hydrogen-bond donors (Lipinski definition) is 1. The topological polar surface area (TPSA) is 114 Å². The fraction of sp³-hybridized carbons (Fsp3) is 0.267. The maximum Gasteiger partial charge on any atom is 0.246 e. The molecule has 4 aromatic heterocycles. The third kappa shape index (κ3) is 5.06. The molecule has 42 heavy (non-hydrogen) atoms. The zero-order chi connectivity index (χ0) is 29.4. The summed E-state index contributed by atoms with van der Waals surface area (Å²) in [6.45, 7) is 11.3. The van der Waals surface area contributed by atoms with Crippen molar-refractivity contribution in [1.29, 1.82) is 0 Å². The van der Waals surface area contributed by atoms with E-state index in [1.165, 1.54) is 18.7 Å². The van der Waals surface area contributed by atoms with Crippen molar-refractivity contribution in [3.8, 4) is 11.5 Å². The molecule has 0 bridgehead atoms. The van der Waals surface area contributed by atoms with Crippen molar-refractivity contribution >= 4 is 39.9 Å². The predicted octanol–water partition coefficient (Wildman–Crippen LogP) is 4.91. The zero-order valence-corrected chi connectivity index (χ0v) is 23.5. The summed E-state index contributed by atoms with van der Waals surface area (Å²) in [6, 6.07) is 10.6. The van der Waals surface area contributed by atoms with Crippen LogP contribution in [0.1, 0.15) is 19.4 Å². The molecule has 1 amide bonds. The van der Waals surface area contributed by atoms with E-state index in [1.807, 2.05) is 17.0 Å². The summed E-state index contributed by atoms with van der Waals surface area (Å²) in [7, 11) is 0. The van der Waals surface area contributed by atoms with Crippen molar-refractivity contribution in [3.63, 3.8) is 0 Å². The van der Waals surface area contributed by atoms with Crippen LogP contribution in [0.2, 0.25) is 0 Å². The fourth-order valence-electron chi connectivity index (χ4n) is 5.17. The summed E-state index contributed by atoms with van der Waals surface area (Å²) in [4.78, 5) is 34.2. The number of halogens is 1. The molecule has 0 spiro atoms. The van der Waals surface area contributed by atoms with Crippen molar-refractivity contribution in [2.45, 2.75) is 26.8 Å². The van der Waals surface area contributed by atoms with Gasteiger partial charge in [-0.3, -0.25) is 4.79 Å². The highest BCUT2D eigenvalue weighted by Crippen LogP contribution is 2.33. The summed E-state index contributed by atoms with van der Waals surface area (Å²) in [5.74, 6) is 1.73. The minimum Gasteiger partial charge on any atom is -0.457 e. The maximum atomic E-state index is 15.6. The van der Waals surface area contributed by atoms with Crippen LogP contribution in [0.4, 0.5) is 21.7 Å². The Hall–Kier alpha value is -5.13. The molecule has 5 aromatic rings. The van der Waals surface area contributed by atoms with Crippen LogP contribution >= 0.6 is 0 Å². The lowest BCUT2D eigenvalue weighted by Crippen LogP contribution is -2.57. The largest absolute Gasteiger partial charge is 0.457 e. The standard InChI is InChI=1S/C30H30FN9O2/c1-5-27(41)39-13-12-38(15-23(39)18(2)3)25-9-7-22-29(37-25)30(34-16-32-22)36-21-6-8-24(19(4)28(21)31)42-20-10-11-40-26(14-20)33-17-35-40/h5-11,14,16-18,23H,1,12-13,15H2,2-4H3,(H,32,34,36). The van der Waals surface area contributed by atoms with E-state index in [0.29, 0.717) is 59.2 Å². The molecule has 1 aliphatic rings. The SMILES string of the molecule is C=CC(=O)N1CCN(c2ccc3ncnc(Nc4ccc(Oc5ccn6ncnc6c5)c(C)c4F)c3n2)CC1C(C)C. The van der Waals surface area contributed by atoms with Gasteiger partial charge < -0.3 is 19.9 Å². The molecule has 1 aromatic carbocycles. The van der Waals surface area contributed by atoms with Gasteiger partial charge in [-0.15, -0.1) is 0 Å². The third-order valence-electron chi connectivity index (χ3n) is 7.51. The molecule has 0 saturated carbocycles. The number of nitrogens with one attached hydrogen (secondary N) is 1. The van der Waals surface area contributed by atoms with E-state index in [4.69, 9.17) is 9.72 Å². The molecule has 6 rings (SSSR count). The number of aromatic nitrogens is 6. The van der Waals surface area contributed by atoms with E-state index in [0.717, 1.165) is 5.82 Å². The molecule has 0 radical (unpaired) electrons. The third-order valence-corrected chi connectivity index (χ3v) is 7.51. The first-order valence-corrected chi connectivity index (χ1v) is 13.7. The van der Waals surface area contributed by atoms with Gasteiger partial charge in [0.2, 0.25) is 5.91 Å². The molecule has 1 aliphatic heterocycles. The van der Waals surface area contributed by atoms with Crippen LogP contribution < -0.4 is 15.0 Å². The van der Waals surface area contributed by atoms with Crippen molar-refractivity contribution in [2.24, 2.45) is 5.92 Å². The van der Waals surface area contributed by atoms with Gasteiger partial charge in [0, 0.05) is 37.5 Å². The number of benzene rings is 1.